The van der Waals surface area contributed by atoms with E-state index in [2.05, 4.69) is 15.5 Å². The molecule has 2 aromatic heterocycles. The number of amides is 1. The fourth-order valence-electron chi connectivity index (χ4n) is 3.01. The van der Waals surface area contributed by atoms with Crippen LogP contribution in [0.15, 0.2) is 68.3 Å². The van der Waals surface area contributed by atoms with Crippen LogP contribution in [0.4, 0.5) is 5.69 Å². The molecule has 8 nitrogen and oxygen atoms in total. The normalized spacial score (nSPS) is 13.3. The van der Waals surface area contributed by atoms with Crippen molar-refractivity contribution >= 4 is 22.6 Å². The Bertz CT molecular complexity index is 1270. The molecule has 1 fully saturated rings. The van der Waals surface area contributed by atoms with Crippen LogP contribution in [-0.4, -0.2) is 16.0 Å². The number of benzene rings is 2. The summed E-state index contributed by atoms with van der Waals surface area (Å²) in [6.07, 6.45) is 2.19. The van der Waals surface area contributed by atoms with E-state index in [1.807, 2.05) is 0 Å². The summed E-state index contributed by atoms with van der Waals surface area (Å²) < 4.78 is 16.4. The lowest BCUT2D eigenvalue weighted by atomic mass is 10.2. The molecule has 0 bridgehead atoms. The molecule has 2 heterocycles. The molecule has 0 spiro atoms. The maximum atomic E-state index is 12.5. The van der Waals surface area contributed by atoms with Crippen molar-refractivity contribution < 1.29 is 18.5 Å². The van der Waals surface area contributed by atoms with Crippen LogP contribution in [0.1, 0.15) is 41.0 Å². The monoisotopic (exact) mass is 403 g/mol. The Morgan fingerprint density at radius 2 is 1.93 bits per heavy atom. The predicted molar refractivity (Wildman–Crippen MR) is 107 cm³/mol. The fraction of sp³-hybridized carbons (Fsp3) is 0.182. The van der Waals surface area contributed by atoms with Crippen LogP contribution in [0.3, 0.4) is 0 Å². The van der Waals surface area contributed by atoms with Crippen molar-refractivity contribution in [3.8, 4) is 5.75 Å². The molecular weight excluding hydrogens is 386 g/mol. The first-order valence-corrected chi connectivity index (χ1v) is 9.55. The van der Waals surface area contributed by atoms with E-state index >= 15 is 0 Å². The summed E-state index contributed by atoms with van der Waals surface area (Å²) in [6, 6.07) is 14.8. The van der Waals surface area contributed by atoms with Crippen molar-refractivity contribution in [1.29, 1.82) is 0 Å². The van der Waals surface area contributed by atoms with Crippen molar-refractivity contribution in [3.05, 3.63) is 82.3 Å². The molecule has 5 rings (SSSR count). The third kappa shape index (κ3) is 3.80. The molecule has 1 N–H and O–H groups in total. The van der Waals surface area contributed by atoms with Crippen LogP contribution in [0.5, 0.6) is 5.75 Å². The SMILES string of the molecule is O=C(Nc1ccc(OCc2noc(C3CC3)n2)cc1)c1cc(=O)c2ccccc2o1. The van der Waals surface area contributed by atoms with Crippen LogP contribution in [0, 0.1) is 0 Å². The number of nitrogens with one attached hydrogen (secondary N) is 1. The number of carbonyl (C=O) groups is 1. The van der Waals surface area contributed by atoms with Gasteiger partial charge in [-0.1, -0.05) is 17.3 Å². The molecule has 1 saturated carbocycles. The average Bonchev–Trinajstić information content (AvgIpc) is 3.51. The highest BCUT2D eigenvalue weighted by Crippen LogP contribution is 2.38. The highest BCUT2D eigenvalue weighted by Gasteiger charge is 2.29. The molecule has 0 atom stereocenters. The Labute approximate surface area is 170 Å². The molecule has 8 heteroatoms. The molecule has 150 valence electrons. The molecule has 0 radical (unpaired) electrons. The highest BCUT2D eigenvalue weighted by molar-refractivity contribution is 6.02. The number of anilines is 1. The van der Waals surface area contributed by atoms with Crippen molar-refractivity contribution in [2.45, 2.75) is 25.4 Å². The second-order valence-electron chi connectivity index (χ2n) is 7.06. The topological polar surface area (TPSA) is 107 Å². The number of rotatable bonds is 6. The Morgan fingerprint density at radius 3 is 2.73 bits per heavy atom. The molecule has 0 aliphatic heterocycles. The van der Waals surface area contributed by atoms with Crippen LogP contribution < -0.4 is 15.5 Å². The Hall–Kier alpha value is -3.94. The van der Waals surface area contributed by atoms with Gasteiger partial charge in [0.15, 0.2) is 17.8 Å². The predicted octanol–water partition coefficient (Wildman–Crippen LogP) is 3.88. The number of aromatic nitrogens is 2. The van der Waals surface area contributed by atoms with Gasteiger partial charge in [0.2, 0.25) is 11.7 Å². The summed E-state index contributed by atoms with van der Waals surface area (Å²) in [4.78, 5) is 28.9. The largest absolute Gasteiger partial charge is 0.485 e. The number of fused-ring (bicyclic) bond motifs is 1. The molecule has 1 aliphatic carbocycles. The third-order valence-electron chi connectivity index (χ3n) is 4.75. The minimum Gasteiger partial charge on any atom is -0.485 e. The van der Waals surface area contributed by atoms with E-state index in [0.29, 0.717) is 40.0 Å². The first-order chi connectivity index (χ1) is 14.7. The number of carbonyl (C=O) groups excluding carboxylic acids is 1. The third-order valence-corrected chi connectivity index (χ3v) is 4.75. The van der Waals surface area contributed by atoms with Gasteiger partial charge in [-0.05, 0) is 49.2 Å². The Balaban J connectivity index is 1.23. The highest BCUT2D eigenvalue weighted by atomic mass is 16.5. The minimum atomic E-state index is -0.508. The molecule has 1 aliphatic rings. The van der Waals surface area contributed by atoms with Gasteiger partial charge in [-0.15, -0.1) is 0 Å². The molecule has 2 aromatic carbocycles. The van der Waals surface area contributed by atoms with Gasteiger partial charge < -0.3 is 19.0 Å². The van der Waals surface area contributed by atoms with Crippen LogP contribution >= 0.6 is 0 Å². The van der Waals surface area contributed by atoms with Gasteiger partial charge in [0.1, 0.15) is 11.3 Å². The van der Waals surface area contributed by atoms with Gasteiger partial charge in [-0.2, -0.15) is 4.98 Å². The maximum absolute atomic E-state index is 12.5. The van der Waals surface area contributed by atoms with Crippen molar-refractivity contribution in [2.75, 3.05) is 5.32 Å². The number of para-hydroxylation sites is 1. The van der Waals surface area contributed by atoms with Crippen molar-refractivity contribution in [3.63, 3.8) is 0 Å². The van der Waals surface area contributed by atoms with E-state index in [4.69, 9.17) is 13.7 Å². The minimum absolute atomic E-state index is 0.0531. The van der Waals surface area contributed by atoms with Crippen LogP contribution in [-0.2, 0) is 6.61 Å². The molecule has 30 heavy (non-hydrogen) atoms. The van der Waals surface area contributed by atoms with E-state index in [1.165, 1.54) is 6.07 Å². The number of nitrogens with zero attached hydrogens (tertiary/aromatic N) is 2. The molecule has 1 amide bonds. The first-order valence-electron chi connectivity index (χ1n) is 9.55. The van der Waals surface area contributed by atoms with Crippen LogP contribution in [0.2, 0.25) is 0 Å². The summed E-state index contributed by atoms with van der Waals surface area (Å²) in [5.74, 6) is 1.62. The van der Waals surface area contributed by atoms with Gasteiger partial charge in [0, 0.05) is 17.7 Å². The lowest BCUT2D eigenvalue weighted by Gasteiger charge is -2.07. The van der Waals surface area contributed by atoms with Gasteiger partial charge >= 0.3 is 0 Å². The van der Waals surface area contributed by atoms with Gasteiger partial charge in [-0.25, -0.2) is 0 Å². The van der Waals surface area contributed by atoms with Gasteiger partial charge in [-0.3, -0.25) is 9.59 Å². The zero-order valence-electron chi connectivity index (χ0n) is 15.8. The molecule has 0 unspecified atom stereocenters. The number of hydrogen-bond donors (Lipinski definition) is 1. The molecule has 0 saturated heterocycles. The summed E-state index contributed by atoms with van der Waals surface area (Å²) in [6.45, 7) is 0.199. The standard InChI is InChI=1S/C22H17N3O5/c26-17-11-19(29-18-4-2-1-3-16(17)18)21(27)23-14-7-9-15(10-8-14)28-12-20-24-22(30-25-20)13-5-6-13/h1-4,7-11,13H,5-6,12H2,(H,23,27). The van der Waals surface area contributed by atoms with E-state index in [-0.39, 0.29) is 17.8 Å². The van der Waals surface area contributed by atoms with Crippen LogP contribution in [0.25, 0.3) is 11.0 Å². The fourth-order valence-corrected chi connectivity index (χ4v) is 3.01. The molecular formula is C22H17N3O5. The van der Waals surface area contributed by atoms with E-state index in [0.717, 1.165) is 12.8 Å². The summed E-state index contributed by atoms with van der Waals surface area (Å²) in [7, 11) is 0. The lowest BCUT2D eigenvalue weighted by Crippen LogP contribution is -2.14. The molecule has 4 aromatic rings. The average molecular weight is 403 g/mol. The quantitative estimate of drug-likeness (QED) is 0.520. The van der Waals surface area contributed by atoms with E-state index in [1.54, 1.807) is 48.5 Å². The lowest BCUT2D eigenvalue weighted by molar-refractivity contribution is 0.0997. The Kier molecular flexibility index (Phi) is 4.51. The zero-order valence-corrected chi connectivity index (χ0v) is 15.8. The summed E-state index contributed by atoms with van der Waals surface area (Å²) in [5.41, 5.74) is 0.640. The second kappa shape index (κ2) is 7.47. The second-order valence-corrected chi connectivity index (χ2v) is 7.06. The van der Waals surface area contributed by atoms with E-state index in [9.17, 15) is 9.59 Å². The first kappa shape index (κ1) is 18.1. The summed E-state index contributed by atoms with van der Waals surface area (Å²) >= 11 is 0. The van der Waals surface area contributed by atoms with Crippen molar-refractivity contribution in [1.82, 2.24) is 10.1 Å². The summed E-state index contributed by atoms with van der Waals surface area (Å²) in [5, 5.41) is 7.05. The van der Waals surface area contributed by atoms with E-state index < -0.39 is 5.91 Å². The maximum Gasteiger partial charge on any atom is 0.291 e. The zero-order chi connectivity index (χ0) is 20.5. The van der Waals surface area contributed by atoms with Gasteiger partial charge in [0.05, 0.1) is 5.39 Å². The number of ether oxygens (including phenoxy) is 1. The van der Waals surface area contributed by atoms with Crippen molar-refractivity contribution in [2.24, 2.45) is 0 Å². The Morgan fingerprint density at radius 1 is 1.13 bits per heavy atom. The van der Waals surface area contributed by atoms with Gasteiger partial charge in [0.25, 0.3) is 5.91 Å². The number of hydrogen-bond acceptors (Lipinski definition) is 7. The smallest absolute Gasteiger partial charge is 0.291 e.